The minimum Gasteiger partial charge on any atom is -0.391 e. The zero-order valence-corrected chi connectivity index (χ0v) is 7.94. The summed E-state index contributed by atoms with van der Waals surface area (Å²) in [5.41, 5.74) is 0. The first-order chi connectivity index (χ1) is 6.76. The molecule has 1 unspecified atom stereocenters. The number of rotatable bonds is 4. The predicted molar refractivity (Wildman–Crippen MR) is 51.5 cm³/mol. The molecule has 74 valence electrons. The van der Waals surface area contributed by atoms with Crippen molar-refractivity contribution in [2.24, 2.45) is 0 Å². The number of nitrogens with zero attached hydrogens (tertiary/aromatic N) is 3. The lowest BCUT2D eigenvalue weighted by atomic mass is 10.3. The molecule has 14 heavy (non-hydrogen) atoms. The average Bonchev–Trinajstić information content (AvgIpc) is 2.26. The number of nitriles is 1. The van der Waals surface area contributed by atoms with E-state index in [9.17, 15) is 5.11 Å². The van der Waals surface area contributed by atoms with Crippen LogP contribution in [0.3, 0.4) is 0 Å². The van der Waals surface area contributed by atoms with Gasteiger partial charge in [0.15, 0.2) is 0 Å². The molecule has 1 heterocycles. The van der Waals surface area contributed by atoms with Crippen LogP contribution in [-0.4, -0.2) is 27.7 Å². The molecule has 0 aromatic carbocycles. The van der Waals surface area contributed by atoms with E-state index < -0.39 is 6.10 Å². The summed E-state index contributed by atoms with van der Waals surface area (Å²) in [4.78, 5) is 7.63. The van der Waals surface area contributed by atoms with Crippen LogP contribution in [0.1, 0.15) is 19.2 Å². The van der Waals surface area contributed by atoms with Gasteiger partial charge in [-0.05, 0) is 12.5 Å². The SMILES string of the molecule is CCC(O)CNc1ccnc(C#N)n1. The van der Waals surface area contributed by atoms with E-state index in [1.807, 2.05) is 13.0 Å². The maximum Gasteiger partial charge on any atom is 0.234 e. The molecule has 1 atom stereocenters. The Morgan fingerprint density at radius 1 is 1.71 bits per heavy atom. The second-order valence-corrected chi connectivity index (χ2v) is 2.82. The maximum atomic E-state index is 9.27. The highest BCUT2D eigenvalue weighted by Gasteiger charge is 2.01. The Balaban J connectivity index is 2.55. The summed E-state index contributed by atoms with van der Waals surface area (Å²) in [6.07, 6.45) is 1.80. The third-order valence-corrected chi connectivity index (χ3v) is 1.75. The number of hydrogen-bond acceptors (Lipinski definition) is 5. The number of hydrogen-bond donors (Lipinski definition) is 2. The van der Waals surface area contributed by atoms with Crippen LogP contribution in [0.25, 0.3) is 0 Å². The number of aromatic nitrogens is 2. The summed E-state index contributed by atoms with van der Waals surface area (Å²) >= 11 is 0. The second kappa shape index (κ2) is 5.14. The summed E-state index contributed by atoms with van der Waals surface area (Å²) in [6.45, 7) is 2.32. The molecule has 0 saturated heterocycles. The highest BCUT2D eigenvalue weighted by atomic mass is 16.3. The van der Waals surface area contributed by atoms with Gasteiger partial charge in [-0.15, -0.1) is 0 Å². The van der Waals surface area contributed by atoms with E-state index in [-0.39, 0.29) is 5.82 Å². The molecule has 5 nitrogen and oxygen atoms in total. The Morgan fingerprint density at radius 3 is 3.14 bits per heavy atom. The monoisotopic (exact) mass is 192 g/mol. The zero-order chi connectivity index (χ0) is 10.4. The normalized spacial score (nSPS) is 11.8. The molecule has 0 aliphatic carbocycles. The molecule has 0 amide bonds. The van der Waals surface area contributed by atoms with Crippen LogP contribution < -0.4 is 5.32 Å². The Kier molecular flexibility index (Phi) is 3.83. The topological polar surface area (TPSA) is 81.8 Å². The van der Waals surface area contributed by atoms with Crippen molar-refractivity contribution >= 4 is 5.82 Å². The summed E-state index contributed by atoms with van der Waals surface area (Å²) in [5.74, 6) is 0.685. The maximum absolute atomic E-state index is 9.27. The number of aliphatic hydroxyl groups excluding tert-OH is 1. The molecule has 1 aromatic rings. The Hall–Kier alpha value is -1.67. The van der Waals surface area contributed by atoms with Gasteiger partial charge in [0.2, 0.25) is 5.82 Å². The lowest BCUT2D eigenvalue weighted by Gasteiger charge is -2.09. The first-order valence-corrected chi connectivity index (χ1v) is 4.41. The molecule has 2 N–H and O–H groups in total. The van der Waals surface area contributed by atoms with E-state index in [1.54, 1.807) is 6.07 Å². The van der Waals surface area contributed by atoms with E-state index in [4.69, 9.17) is 5.26 Å². The lowest BCUT2D eigenvalue weighted by Crippen LogP contribution is -2.18. The van der Waals surface area contributed by atoms with Gasteiger partial charge in [0.1, 0.15) is 11.9 Å². The van der Waals surface area contributed by atoms with Crippen molar-refractivity contribution in [1.29, 1.82) is 5.26 Å². The van der Waals surface area contributed by atoms with Crippen molar-refractivity contribution in [2.45, 2.75) is 19.4 Å². The van der Waals surface area contributed by atoms with Crippen LogP contribution in [0.15, 0.2) is 12.3 Å². The Bertz CT molecular complexity index is 334. The molecule has 0 aliphatic rings. The van der Waals surface area contributed by atoms with Crippen LogP contribution in [0.4, 0.5) is 5.82 Å². The molecule has 1 aromatic heterocycles. The van der Waals surface area contributed by atoms with Crippen molar-refractivity contribution in [3.63, 3.8) is 0 Å². The number of nitrogens with one attached hydrogen (secondary N) is 1. The largest absolute Gasteiger partial charge is 0.391 e. The molecule has 0 saturated carbocycles. The third kappa shape index (κ3) is 2.99. The summed E-state index contributed by atoms with van der Waals surface area (Å²) in [6, 6.07) is 3.50. The number of aliphatic hydroxyl groups is 1. The van der Waals surface area contributed by atoms with Crippen LogP contribution in [0.5, 0.6) is 0 Å². The van der Waals surface area contributed by atoms with E-state index in [0.29, 0.717) is 18.8 Å². The van der Waals surface area contributed by atoms with E-state index in [2.05, 4.69) is 15.3 Å². The molecule has 1 rings (SSSR count). The van der Waals surface area contributed by atoms with Gasteiger partial charge in [-0.2, -0.15) is 5.26 Å². The van der Waals surface area contributed by atoms with Crippen molar-refractivity contribution in [3.05, 3.63) is 18.1 Å². The molecule has 0 aliphatic heterocycles. The van der Waals surface area contributed by atoms with Gasteiger partial charge < -0.3 is 10.4 Å². The Morgan fingerprint density at radius 2 is 2.50 bits per heavy atom. The van der Waals surface area contributed by atoms with Gasteiger partial charge in [-0.25, -0.2) is 9.97 Å². The van der Waals surface area contributed by atoms with Crippen LogP contribution in [-0.2, 0) is 0 Å². The predicted octanol–water partition coefficient (Wildman–Crippen LogP) is 0.531. The minimum absolute atomic E-state index is 0.126. The molecule has 0 fully saturated rings. The van der Waals surface area contributed by atoms with Crippen molar-refractivity contribution in [2.75, 3.05) is 11.9 Å². The first kappa shape index (κ1) is 10.4. The smallest absolute Gasteiger partial charge is 0.234 e. The van der Waals surface area contributed by atoms with Gasteiger partial charge in [0, 0.05) is 12.7 Å². The Labute approximate surface area is 82.4 Å². The van der Waals surface area contributed by atoms with E-state index in [0.717, 1.165) is 0 Å². The van der Waals surface area contributed by atoms with E-state index >= 15 is 0 Å². The second-order valence-electron chi connectivity index (χ2n) is 2.82. The van der Waals surface area contributed by atoms with Gasteiger partial charge in [0.05, 0.1) is 6.10 Å². The van der Waals surface area contributed by atoms with Crippen LogP contribution in [0, 0.1) is 11.3 Å². The fourth-order valence-corrected chi connectivity index (χ4v) is 0.878. The molecular formula is C9H12N4O. The quantitative estimate of drug-likeness (QED) is 0.727. The van der Waals surface area contributed by atoms with Crippen molar-refractivity contribution < 1.29 is 5.11 Å². The standard InChI is InChI=1S/C9H12N4O/c1-2-7(14)6-12-8-3-4-11-9(5-10)13-8/h3-4,7,14H,2,6H2,1H3,(H,11,12,13). The molecule has 0 bridgehead atoms. The van der Waals surface area contributed by atoms with Crippen molar-refractivity contribution in [1.82, 2.24) is 9.97 Å². The number of anilines is 1. The van der Waals surface area contributed by atoms with Gasteiger partial charge >= 0.3 is 0 Å². The van der Waals surface area contributed by atoms with Gasteiger partial charge in [0.25, 0.3) is 0 Å². The molecule has 5 heteroatoms. The third-order valence-electron chi connectivity index (χ3n) is 1.75. The highest BCUT2D eigenvalue weighted by Crippen LogP contribution is 2.01. The average molecular weight is 192 g/mol. The van der Waals surface area contributed by atoms with Crippen LogP contribution >= 0.6 is 0 Å². The minimum atomic E-state index is -0.393. The van der Waals surface area contributed by atoms with E-state index in [1.165, 1.54) is 6.20 Å². The summed E-state index contributed by atoms with van der Waals surface area (Å²) in [5, 5.41) is 20.7. The summed E-state index contributed by atoms with van der Waals surface area (Å²) in [7, 11) is 0. The first-order valence-electron chi connectivity index (χ1n) is 4.41. The fourth-order valence-electron chi connectivity index (χ4n) is 0.878. The van der Waals surface area contributed by atoms with Crippen molar-refractivity contribution in [3.8, 4) is 6.07 Å². The summed E-state index contributed by atoms with van der Waals surface area (Å²) < 4.78 is 0. The molecule has 0 radical (unpaired) electrons. The molecule has 0 spiro atoms. The highest BCUT2D eigenvalue weighted by molar-refractivity contribution is 5.34. The lowest BCUT2D eigenvalue weighted by molar-refractivity contribution is 0.183. The molecular weight excluding hydrogens is 180 g/mol. The van der Waals surface area contributed by atoms with Crippen LogP contribution in [0.2, 0.25) is 0 Å². The van der Waals surface area contributed by atoms with Gasteiger partial charge in [-0.1, -0.05) is 6.92 Å². The van der Waals surface area contributed by atoms with Gasteiger partial charge in [-0.3, -0.25) is 0 Å². The zero-order valence-electron chi connectivity index (χ0n) is 7.94. The fraction of sp³-hybridized carbons (Fsp3) is 0.444.